The van der Waals surface area contributed by atoms with Crippen LogP contribution in [0.25, 0.3) is 0 Å². The van der Waals surface area contributed by atoms with Crippen LogP contribution in [0.15, 0.2) is 18.2 Å². The quantitative estimate of drug-likeness (QED) is 0.887. The summed E-state index contributed by atoms with van der Waals surface area (Å²) in [4.78, 5) is 0. The van der Waals surface area contributed by atoms with Crippen LogP contribution in [0.1, 0.15) is 36.0 Å². The van der Waals surface area contributed by atoms with E-state index in [0.29, 0.717) is 0 Å². The molecule has 0 aliphatic carbocycles. The van der Waals surface area contributed by atoms with Gasteiger partial charge in [0.15, 0.2) is 0 Å². The van der Waals surface area contributed by atoms with E-state index in [1.54, 1.807) is 0 Å². The first-order valence-electron chi connectivity index (χ1n) is 7.04. The zero-order chi connectivity index (χ0) is 13.0. The van der Waals surface area contributed by atoms with Gasteiger partial charge < -0.3 is 10.5 Å². The number of hydrogen-bond donors (Lipinski definition) is 1. The van der Waals surface area contributed by atoms with Crippen LogP contribution >= 0.6 is 0 Å². The molecule has 2 heteroatoms. The van der Waals surface area contributed by atoms with Gasteiger partial charge in [-0.3, -0.25) is 0 Å². The largest absolute Gasteiger partial charge is 0.381 e. The van der Waals surface area contributed by atoms with Crippen LogP contribution in [-0.4, -0.2) is 19.3 Å². The Balaban J connectivity index is 1.85. The Hall–Kier alpha value is -0.860. The molecule has 0 saturated carbocycles. The summed E-state index contributed by atoms with van der Waals surface area (Å²) < 4.78 is 5.39. The third kappa shape index (κ3) is 3.82. The summed E-state index contributed by atoms with van der Waals surface area (Å²) in [5.74, 6) is 0.764. The fourth-order valence-electron chi connectivity index (χ4n) is 2.73. The first kappa shape index (κ1) is 13.6. The molecule has 100 valence electrons. The highest BCUT2D eigenvalue weighted by Gasteiger charge is 2.17. The second kappa shape index (κ2) is 6.35. The van der Waals surface area contributed by atoms with Gasteiger partial charge in [0.25, 0.3) is 0 Å². The molecule has 0 bridgehead atoms. The van der Waals surface area contributed by atoms with E-state index < -0.39 is 0 Å². The van der Waals surface area contributed by atoms with Crippen LogP contribution in [-0.2, 0) is 11.2 Å². The second-order valence-electron chi connectivity index (χ2n) is 5.67. The van der Waals surface area contributed by atoms with Gasteiger partial charge >= 0.3 is 0 Å². The van der Waals surface area contributed by atoms with Gasteiger partial charge in [-0.25, -0.2) is 0 Å². The molecule has 0 aromatic heterocycles. The topological polar surface area (TPSA) is 35.2 Å². The highest BCUT2D eigenvalue weighted by Crippen LogP contribution is 2.21. The van der Waals surface area contributed by atoms with E-state index in [9.17, 15) is 0 Å². The molecule has 1 heterocycles. The van der Waals surface area contributed by atoms with Crippen LogP contribution in [0.2, 0.25) is 0 Å². The van der Waals surface area contributed by atoms with E-state index in [0.717, 1.165) is 32.0 Å². The summed E-state index contributed by atoms with van der Waals surface area (Å²) >= 11 is 0. The van der Waals surface area contributed by atoms with Crippen molar-refractivity contribution in [1.82, 2.24) is 0 Å². The molecule has 1 atom stereocenters. The maximum absolute atomic E-state index is 6.28. The van der Waals surface area contributed by atoms with Gasteiger partial charge in [0.2, 0.25) is 0 Å². The summed E-state index contributed by atoms with van der Waals surface area (Å²) in [7, 11) is 0. The van der Waals surface area contributed by atoms with Gasteiger partial charge in [-0.15, -0.1) is 0 Å². The average molecular weight is 247 g/mol. The van der Waals surface area contributed by atoms with Crippen molar-refractivity contribution in [3.63, 3.8) is 0 Å². The zero-order valence-electron chi connectivity index (χ0n) is 11.6. The zero-order valence-corrected chi connectivity index (χ0v) is 11.6. The highest BCUT2D eigenvalue weighted by atomic mass is 16.5. The van der Waals surface area contributed by atoms with Gasteiger partial charge in [0, 0.05) is 19.3 Å². The summed E-state index contributed by atoms with van der Waals surface area (Å²) in [5.41, 5.74) is 10.4. The number of rotatable bonds is 4. The van der Waals surface area contributed by atoms with E-state index >= 15 is 0 Å². The molecule has 1 aromatic carbocycles. The Labute approximate surface area is 111 Å². The van der Waals surface area contributed by atoms with Crippen LogP contribution < -0.4 is 5.73 Å². The van der Waals surface area contributed by atoms with Gasteiger partial charge in [0.05, 0.1) is 0 Å². The maximum Gasteiger partial charge on any atom is 0.0468 e. The Bertz CT molecular complexity index is 383. The lowest BCUT2D eigenvalue weighted by atomic mass is 9.90. The molecular formula is C16H25NO. The minimum absolute atomic E-state index is 0.287. The average Bonchev–Trinajstić information content (AvgIpc) is 2.35. The maximum atomic E-state index is 6.28. The first-order valence-corrected chi connectivity index (χ1v) is 7.04. The molecule has 1 aliphatic rings. The summed E-state index contributed by atoms with van der Waals surface area (Å²) in [5, 5.41) is 0. The van der Waals surface area contributed by atoms with Crippen molar-refractivity contribution in [1.29, 1.82) is 0 Å². The number of benzene rings is 1. The Kier molecular flexibility index (Phi) is 4.79. The van der Waals surface area contributed by atoms with E-state index in [1.807, 2.05) is 0 Å². The molecule has 18 heavy (non-hydrogen) atoms. The van der Waals surface area contributed by atoms with Crippen molar-refractivity contribution in [2.75, 3.05) is 13.2 Å². The first-order chi connectivity index (χ1) is 8.65. The van der Waals surface area contributed by atoms with Crippen LogP contribution in [0, 0.1) is 19.8 Å². The van der Waals surface area contributed by atoms with Gasteiger partial charge in [-0.2, -0.15) is 0 Å². The summed E-state index contributed by atoms with van der Waals surface area (Å²) in [6.45, 7) is 6.16. The van der Waals surface area contributed by atoms with Crippen molar-refractivity contribution >= 4 is 0 Å². The predicted molar refractivity (Wildman–Crippen MR) is 75.8 cm³/mol. The molecule has 1 fully saturated rings. The summed E-state index contributed by atoms with van der Waals surface area (Å²) in [6.07, 6.45) is 4.50. The monoisotopic (exact) mass is 247 g/mol. The molecule has 0 spiro atoms. The molecule has 2 nitrogen and oxygen atoms in total. The molecule has 2 N–H and O–H groups in total. The Morgan fingerprint density at radius 2 is 1.94 bits per heavy atom. The number of hydrogen-bond acceptors (Lipinski definition) is 2. The van der Waals surface area contributed by atoms with Crippen LogP contribution in [0.4, 0.5) is 0 Å². The lowest BCUT2D eigenvalue weighted by molar-refractivity contribution is 0.0619. The molecule has 2 rings (SSSR count). The third-order valence-corrected chi connectivity index (χ3v) is 4.05. The Morgan fingerprint density at radius 3 is 2.61 bits per heavy atom. The van der Waals surface area contributed by atoms with Crippen LogP contribution in [0.5, 0.6) is 0 Å². The highest BCUT2D eigenvalue weighted by molar-refractivity contribution is 5.30. The van der Waals surface area contributed by atoms with E-state index in [4.69, 9.17) is 10.5 Å². The molecule has 0 radical (unpaired) electrons. The molecule has 1 aromatic rings. The fraction of sp³-hybridized carbons (Fsp3) is 0.625. The van der Waals surface area contributed by atoms with E-state index in [2.05, 4.69) is 32.0 Å². The molecular weight excluding hydrogens is 222 g/mol. The SMILES string of the molecule is Cc1ccc(CC(N)CC2CCOCC2)cc1C. The molecule has 1 aliphatic heterocycles. The lowest BCUT2D eigenvalue weighted by Gasteiger charge is -2.25. The smallest absolute Gasteiger partial charge is 0.0468 e. The van der Waals surface area contributed by atoms with Crippen LogP contribution in [0.3, 0.4) is 0 Å². The molecule has 1 saturated heterocycles. The predicted octanol–water partition coefficient (Wildman–Crippen LogP) is 2.99. The minimum Gasteiger partial charge on any atom is -0.381 e. The van der Waals surface area contributed by atoms with Gasteiger partial charge in [0.1, 0.15) is 0 Å². The fourth-order valence-corrected chi connectivity index (χ4v) is 2.73. The summed E-state index contributed by atoms with van der Waals surface area (Å²) in [6, 6.07) is 6.98. The molecule has 1 unspecified atom stereocenters. The standard InChI is InChI=1S/C16H25NO/c1-12-3-4-15(9-13(12)2)11-16(17)10-14-5-7-18-8-6-14/h3-4,9,14,16H,5-8,10-11,17H2,1-2H3. The lowest BCUT2D eigenvalue weighted by Crippen LogP contribution is -2.28. The van der Waals surface area contributed by atoms with Gasteiger partial charge in [-0.1, -0.05) is 18.2 Å². The third-order valence-electron chi connectivity index (χ3n) is 4.05. The molecule has 0 amide bonds. The van der Waals surface area contributed by atoms with Crippen molar-refractivity contribution in [3.05, 3.63) is 34.9 Å². The van der Waals surface area contributed by atoms with E-state index in [-0.39, 0.29) is 6.04 Å². The normalized spacial score (nSPS) is 18.8. The second-order valence-corrected chi connectivity index (χ2v) is 5.67. The van der Waals surface area contributed by atoms with Crippen molar-refractivity contribution < 1.29 is 4.74 Å². The van der Waals surface area contributed by atoms with Gasteiger partial charge in [-0.05, 0) is 62.1 Å². The number of nitrogens with two attached hydrogens (primary N) is 1. The van der Waals surface area contributed by atoms with Crippen molar-refractivity contribution in [2.24, 2.45) is 11.7 Å². The van der Waals surface area contributed by atoms with Crippen molar-refractivity contribution in [2.45, 2.75) is 45.6 Å². The number of aryl methyl sites for hydroxylation is 2. The van der Waals surface area contributed by atoms with Crippen molar-refractivity contribution in [3.8, 4) is 0 Å². The Morgan fingerprint density at radius 1 is 1.22 bits per heavy atom. The number of ether oxygens (including phenoxy) is 1. The minimum atomic E-state index is 0.287. The van der Waals surface area contributed by atoms with E-state index in [1.165, 1.54) is 29.5 Å².